The van der Waals surface area contributed by atoms with E-state index in [9.17, 15) is 9.59 Å². The summed E-state index contributed by atoms with van der Waals surface area (Å²) in [6.07, 6.45) is 9.91. The van der Waals surface area contributed by atoms with Crippen molar-refractivity contribution in [1.82, 2.24) is 0 Å². The molecular weight excluding hydrogens is 416 g/mol. The van der Waals surface area contributed by atoms with Gasteiger partial charge in [-0.1, -0.05) is 25.5 Å². The molecule has 2 aromatic carbocycles. The van der Waals surface area contributed by atoms with Gasteiger partial charge in [-0.15, -0.1) is 0 Å². The second-order valence-electron chi connectivity index (χ2n) is 8.68. The Morgan fingerprint density at radius 2 is 1.79 bits per heavy atom. The fourth-order valence-corrected chi connectivity index (χ4v) is 3.78. The summed E-state index contributed by atoms with van der Waals surface area (Å²) < 4.78 is 17.0. The Kier molecular flexibility index (Phi) is 7.75. The Morgan fingerprint density at radius 3 is 2.48 bits per heavy atom. The molecule has 1 aliphatic heterocycles. The molecule has 3 rings (SSSR count). The quantitative estimate of drug-likeness (QED) is 0.325. The van der Waals surface area contributed by atoms with E-state index in [1.807, 2.05) is 44.2 Å². The minimum atomic E-state index is -0.521. The number of benzene rings is 2. The van der Waals surface area contributed by atoms with E-state index in [0.717, 1.165) is 29.5 Å². The second kappa shape index (κ2) is 10.5. The minimum Gasteiger partial charge on any atom is -0.496 e. The van der Waals surface area contributed by atoms with Gasteiger partial charge in [0.05, 0.1) is 25.3 Å². The molecule has 174 valence electrons. The zero-order valence-electron chi connectivity index (χ0n) is 20.1. The topological polar surface area (TPSA) is 61.8 Å². The summed E-state index contributed by atoms with van der Waals surface area (Å²) in [7, 11) is 3.19. The summed E-state index contributed by atoms with van der Waals surface area (Å²) in [6.45, 7) is 5.95. The van der Waals surface area contributed by atoms with Crippen molar-refractivity contribution in [3.8, 4) is 17.2 Å². The third-order valence-electron chi connectivity index (χ3n) is 5.59. The first kappa shape index (κ1) is 24.3. The number of Topliss-reactive ketones (excluding diaryl/α,β-unsaturated/α-hetero) is 1. The molecule has 1 aliphatic rings. The van der Waals surface area contributed by atoms with Crippen LogP contribution in [0.3, 0.4) is 0 Å². The van der Waals surface area contributed by atoms with E-state index in [-0.39, 0.29) is 11.6 Å². The molecule has 1 heterocycles. The van der Waals surface area contributed by atoms with Crippen molar-refractivity contribution in [3.63, 3.8) is 0 Å². The third kappa shape index (κ3) is 5.92. The van der Waals surface area contributed by atoms with Crippen molar-refractivity contribution in [3.05, 3.63) is 64.7 Å². The predicted molar refractivity (Wildman–Crippen MR) is 131 cm³/mol. The highest BCUT2D eigenvalue weighted by atomic mass is 16.5. The molecule has 0 fully saturated rings. The number of carbonyl (C=O) groups is 2. The van der Waals surface area contributed by atoms with Gasteiger partial charge in [0.1, 0.15) is 28.6 Å². The third-order valence-corrected chi connectivity index (χ3v) is 5.59. The number of ether oxygens (including phenoxy) is 3. The summed E-state index contributed by atoms with van der Waals surface area (Å²) in [5.74, 6) is 1.87. The van der Waals surface area contributed by atoms with E-state index in [0.29, 0.717) is 35.7 Å². The van der Waals surface area contributed by atoms with Gasteiger partial charge in [0.15, 0.2) is 5.78 Å². The van der Waals surface area contributed by atoms with Crippen molar-refractivity contribution in [2.75, 3.05) is 14.2 Å². The number of carbonyl (C=O) groups excluding carboxylic acids is 2. The maximum atomic E-state index is 13.1. The summed E-state index contributed by atoms with van der Waals surface area (Å²) in [5, 5.41) is 0. The average molecular weight is 449 g/mol. The molecule has 0 amide bonds. The number of hydrogen-bond donors (Lipinski definition) is 0. The molecule has 0 bridgehead atoms. The van der Waals surface area contributed by atoms with E-state index >= 15 is 0 Å². The van der Waals surface area contributed by atoms with Crippen molar-refractivity contribution in [2.45, 2.75) is 52.1 Å². The molecule has 0 saturated carbocycles. The van der Waals surface area contributed by atoms with E-state index in [1.54, 1.807) is 32.4 Å². The minimum absolute atomic E-state index is 0.170. The van der Waals surface area contributed by atoms with Crippen LogP contribution in [0, 0.1) is 0 Å². The van der Waals surface area contributed by atoms with Crippen LogP contribution in [0.5, 0.6) is 17.2 Å². The van der Waals surface area contributed by atoms with Crippen molar-refractivity contribution in [2.24, 2.45) is 0 Å². The van der Waals surface area contributed by atoms with Gasteiger partial charge in [-0.2, -0.15) is 0 Å². The molecule has 0 atom stereocenters. The van der Waals surface area contributed by atoms with Crippen LogP contribution >= 0.6 is 0 Å². The molecule has 0 saturated heterocycles. The van der Waals surface area contributed by atoms with Gasteiger partial charge in [0.2, 0.25) is 0 Å². The standard InChI is InChI=1S/C28H32O5/c1-6-7-8-21(29)18-20-17-19(10-13-25(20)31-4)9-12-24(30)22-11-14-26(32-5)23-15-16-28(2,3)33-27(22)23/h9-17H,6-8,18H2,1-5H3/b12-9+. The maximum absolute atomic E-state index is 13.1. The Morgan fingerprint density at radius 1 is 1.06 bits per heavy atom. The number of allylic oxidation sites excluding steroid dienone is 1. The average Bonchev–Trinajstić information content (AvgIpc) is 2.79. The Bertz CT molecular complexity index is 1090. The van der Waals surface area contributed by atoms with Crippen LogP contribution in [-0.2, 0) is 11.2 Å². The van der Waals surface area contributed by atoms with Gasteiger partial charge in [-0.3, -0.25) is 9.59 Å². The van der Waals surface area contributed by atoms with Crippen LogP contribution in [0.25, 0.3) is 12.2 Å². The van der Waals surface area contributed by atoms with Crippen molar-refractivity contribution in [1.29, 1.82) is 0 Å². The summed E-state index contributed by atoms with van der Waals surface area (Å²) in [6, 6.07) is 9.11. The molecule has 0 unspecified atom stereocenters. The SMILES string of the molecule is CCCCC(=O)Cc1cc(/C=C/C(=O)c2ccc(OC)c3c2OC(C)(C)C=C3)ccc1OC. The first-order valence-corrected chi connectivity index (χ1v) is 11.3. The van der Waals surface area contributed by atoms with E-state index in [1.165, 1.54) is 6.08 Å². The zero-order chi connectivity index (χ0) is 24.0. The van der Waals surface area contributed by atoms with Gasteiger partial charge in [0.25, 0.3) is 0 Å². The summed E-state index contributed by atoms with van der Waals surface area (Å²) >= 11 is 0. The second-order valence-corrected chi connectivity index (χ2v) is 8.68. The first-order valence-electron chi connectivity index (χ1n) is 11.3. The van der Waals surface area contributed by atoms with Gasteiger partial charge in [-0.25, -0.2) is 0 Å². The van der Waals surface area contributed by atoms with Gasteiger partial charge >= 0.3 is 0 Å². The zero-order valence-corrected chi connectivity index (χ0v) is 20.1. The fraction of sp³-hybridized carbons (Fsp3) is 0.357. The monoisotopic (exact) mass is 448 g/mol. The van der Waals surface area contributed by atoms with Crippen molar-refractivity contribution >= 4 is 23.7 Å². The van der Waals surface area contributed by atoms with Crippen LogP contribution in [0.4, 0.5) is 0 Å². The lowest BCUT2D eigenvalue weighted by atomic mass is 9.97. The number of ketones is 2. The molecule has 0 radical (unpaired) electrons. The Balaban J connectivity index is 1.86. The Hall–Kier alpha value is -3.34. The molecule has 0 aromatic heterocycles. The number of rotatable bonds is 10. The molecule has 33 heavy (non-hydrogen) atoms. The summed E-state index contributed by atoms with van der Waals surface area (Å²) in [5.41, 5.74) is 2.36. The van der Waals surface area contributed by atoms with Gasteiger partial charge in [-0.05, 0) is 68.3 Å². The molecule has 0 spiro atoms. The lowest BCUT2D eigenvalue weighted by Crippen LogP contribution is -2.28. The van der Waals surface area contributed by atoms with E-state index in [4.69, 9.17) is 14.2 Å². The van der Waals surface area contributed by atoms with Crippen LogP contribution in [0.2, 0.25) is 0 Å². The first-order chi connectivity index (χ1) is 15.8. The lowest BCUT2D eigenvalue weighted by molar-refractivity contribution is -0.118. The normalized spacial score (nSPS) is 14.0. The number of unbranched alkanes of at least 4 members (excludes halogenated alkanes) is 1. The van der Waals surface area contributed by atoms with Crippen LogP contribution in [-0.4, -0.2) is 31.4 Å². The highest BCUT2D eigenvalue weighted by Crippen LogP contribution is 2.40. The smallest absolute Gasteiger partial charge is 0.189 e. The highest BCUT2D eigenvalue weighted by Gasteiger charge is 2.27. The fourth-order valence-electron chi connectivity index (χ4n) is 3.78. The number of fused-ring (bicyclic) bond motifs is 1. The molecule has 2 aromatic rings. The van der Waals surface area contributed by atoms with Gasteiger partial charge in [0, 0.05) is 18.4 Å². The molecule has 5 nitrogen and oxygen atoms in total. The predicted octanol–water partition coefficient (Wildman–Crippen LogP) is 6.09. The number of hydrogen-bond acceptors (Lipinski definition) is 5. The lowest BCUT2D eigenvalue weighted by Gasteiger charge is -2.29. The van der Waals surface area contributed by atoms with E-state index in [2.05, 4.69) is 6.92 Å². The van der Waals surface area contributed by atoms with Crippen LogP contribution in [0.1, 0.15) is 67.1 Å². The molecule has 5 heteroatoms. The van der Waals surface area contributed by atoms with Crippen LogP contribution < -0.4 is 14.2 Å². The van der Waals surface area contributed by atoms with Crippen molar-refractivity contribution < 1.29 is 23.8 Å². The highest BCUT2D eigenvalue weighted by molar-refractivity contribution is 6.09. The van der Waals surface area contributed by atoms with E-state index < -0.39 is 5.60 Å². The van der Waals surface area contributed by atoms with Crippen LogP contribution in [0.15, 0.2) is 42.5 Å². The largest absolute Gasteiger partial charge is 0.496 e. The number of methoxy groups -OCH3 is 2. The molecule has 0 aliphatic carbocycles. The molecular formula is C28H32O5. The summed E-state index contributed by atoms with van der Waals surface area (Å²) in [4.78, 5) is 25.4. The van der Waals surface area contributed by atoms with Gasteiger partial charge < -0.3 is 14.2 Å². The maximum Gasteiger partial charge on any atom is 0.189 e. The molecule has 0 N–H and O–H groups in total. The Labute approximate surface area is 196 Å².